The Balaban J connectivity index is 0.000000396. The van der Waals surface area contributed by atoms with E-state index in [9.17, 15) is 0 Å². The van der Waals surface area contributed by atoms with Gasteiger partial charge in [0.25, 0.3) is 0 Å². The van der Waals surface area contributed by atoms with Crippen molar-refractivity contribution in [2.24, 2.45) is 0 Å². The highest BCUT2D eigenvalue weighted by molar-refractivity contribution is 5.81. The monoisotopic (exact) mass is 177 g/mol. The van der Waals surface area contributed by atoms with E-state index in [1.165, 1.54) is 0 Å². The predicted octanol–water partition coefficient (Wildman–Crippen LogP) is 2.63. The number of hydrogen-bond acceptors (Lipinski definition) is 2. The molecule has 0 unspecified atom stereocenters. The molecule has 0 aliphatic heterocycles. The van der Waals surface area contributed by atoms with Gasteiger partial charge in [-0.3, -0.25) is 5.10 Å². The van der Waals surface area contributed by atoms with Gasteiger partial charge in [0.05, 0.1) is 11.7 Å². The van der Waals surface area contributed by atoms with Crippen LogP contribution in [0.1, 0.15) is 13.8 Å². The number of aromatic amines is 1. The lowest BCUT2D eigenvalue weighted by molar-refractivity contribution is 1.12. The lowest BCUT2D eigenvalue weighted by Crippen LogP contribution is -1.85. The number of aromatic nitrogens is 2. The Hall–Kier alpha value is -1.51. The summed E-state index contributed by atoms with van der Waals surface area (Å²) in [5.74, 6) is 0. The molecule has 0 atom stereocenters. The van der Waals surface area contributed by atoms with E-state index in [0.717, 1.165) is 16.6 Å². The van der Waals surface area contributed by atoms with E-state index in [0.29, 0.717) is 0 Å². The zero-order chi connectivity index (χ0) is 9.68. The van der Waals surface area contributed by atoms with Crippen LogP contribution in [0.25, 0.3) is 10.9 Å². The van der Waals surface area contributed by atoms with Gasteiger partial charge in [-0.2, -0.15) is 5.10 Å². The van der Waals surface area contributed by atoms with Crippen molar-refractivity contribution in [3.05, 3.63) is 24.4 Å². The lowest BCUT2D eigenvalue weighted by Gasteiger charge is -1.97. The molecule has 3 heteroatoms. The summed E-state index contributed by atoms with van der Waals surface area (Å²) in [5, 5.41) is 11.0. The highest BCUT2D eigenvalue weighted by atomic mass is 15.1. The Morgan fingerprint density at radius 2 is 2.08 bits per heavy atom. The third-order valence-corrected chi connectivity index (χ3v) is 1.73. The molecule has 2 rings (SSSR count). The second-order valence-electron chi connectivity index (χ2n) is 2.42. The summed E-state index contributed by atoms with van der Waals surface area (Å²) in [5.41, 5.74) is 2.18. The Bertz CT molecular complexity index is 365. The van der Waals surface area contributed by atoms with Crippen molar-refractivity contribution >= 4 is 16.6 Å². The van der Waals surface area contributed by atoms with E-state index in [1.807, 2.05) is 39.2 Å². The number of anilines is 1. The van der Waals surface area contributed by atoms with E-state index in [2.05, 4.69) is 21.6 Å². The molecule has 2 aromatic rings. The number of nitrogens with one attached hydrogen (secondary N) is 2. The van der Waals surface area contributed by atoms with Crippen molar-refractivity contribution in [2.75, 3.05) is 12.4 Å². The van der Waals surface area contributed by atoms with Gasteiger partial charge in [0, 0.05) is 18.1 Å². The first-order chi connectivity index (χ1) is 6.40. The van der Waals surface area contributed by atoms with Gasteiger partial charge in [-0.25, -0.2) is 0 Å². The quantitative estimate of drug-likeness (QED) is 0.703. The average Bonchev–Trinajstić information content (AvgIpc) is 2.67. The molecule has 0 fully saturated rings. The molecule has 3 nitrogen and oxygen atoms in total. The predicted molar refractivity (Wildman–Crippen MR) is 57.0 cm³/mol. The summed E-state index contributed by atoms with van der Waals surface area (Å²) in [4.78, 5) is 0. The van der Waals surface area contributed by atoms with Crippen LogP contribution in [0.3, 0.4) is 0 Å². The molecule has 1 aromatic carbocycles. The molecule has 0 aliphatic carbocycles. The fraction of sp³-hybridized carbons (Fsp3) is 0.300. The van der Waals surface area contributed by atoms with Crippen LogP contribution in [0.4, 0.5) is 5.69 Å². The topological polar surface area (TPSA) is 40.7 Å². The summed E-state index contributed by atoms with van der Waals surface area (Å²) in [6.07, 6.45) is 1.82. The second kappa shape index (κ2) is 4.50. The maximum absolute atomic E-state index is 3.92. The van der Waals surface area contributed by atoms with Gasteiger partial charge in [-0.15, -0.1) is 0 Å². The minimum absolute atomic E-state index is 1.07. The Morgan fingerprint density at radius 3 is 2.77 bits per heavy atom. The number of fused-ring (bicyclic) bond motifs is 1. The van der Waals surface area contributed by atoms with Crippen molar-refractivity contribution in [3.8, 4) is 0 Å². The SMILES string of the molecule is CC.CNc1ccc2[nH]ncc2c1. The second-order valence-corrected chi connectivity index (χ2v) is 2.42. The number of rotatable bonds is 1. The third kappa shape index (κ3) is 1.99. The Kier molecular flexibility index (Phi) is 3.31. The Labute approximate surface area is 78.2 Å². The summed E-state index contributed by atoms with van der Waals surface area (Å²) in [6, 6.07) is 6.08. The van der Waals surface area contributed by atoms with Gasteiger partial charge in [-0.05, 0) is 18.2 Å². The standard InChI is InChI=1S/C8H9N3.C2H6/c1-9-7-2-3-8-6(4-7)5-10-11-8;1-2/h2-5,9H,1H3,(H,10,11);1-2H3. The van der Waals surface area contributed by atoms with Crippen LogP contribution in [-0.4, -0.2) is 17.2 Å². The molecular weight excluding hydrogens is 162 g/mol. The van der Waals surface area contributed by atoms with Crippen molar-refractivity contribution in [1.29, 1.82) is 0 Å². The van der Waals surface area contributed by atoms with E-state index in [-0.39, 0.29) is 0 Å². The minimum atomic E-state index is 1.07. The molecule has 1 heterocycles. The molecule has 0 spiro atoms. The maximum Gasteiger partial charge on any atom is 0.0651 e. The molecule has 70 valence electrons. The summed E-state index contributed by atoms with van der Waals surface area (Å²) in [6.45, 7) is 4.00. The molecule has 2 N–H and O–H groups in total. The molecule has 0 amide bonds. The number of hydrogen-bond donors (Lipinski definition) is 2. The van der Waals surface area contributed by atoms with E-state index < -0.39 is 0 Å². The molecular formula is C10H15N3. The molecule has 1 aromatic heterocycles. The largest absolute Gasteiger partial charge is 0.388 e. The zero-order valence-corrected chi connectivity index (χ0v) is 8.26. The lowest BCUT2D eigenvalue weighted by atomic mass is 10.2. The van der Waals surface area contributed by atoms with Crippen molar-refractivity contribution in [1.82, 2.24) is 10.2 Å². The van der Waals surface area contributed by atoms with Gasteiger partial charge in [-0.1, -0.05) is 13.8 Å². The number of benzene rings is 1. The van der Waals surface area contributed by atoms with Gasteiger partial charge in [0.15, 0.2) is 0 Å². The van der Waals surface area contributed by atoms with Crippen molar-refractivity contribution < 1.29 is 0 Å². The van der Waals surface area contributed by atoms with Crippen molar-refractivity contribution in [3.63, 3.8) is 0 Å². The van der Waals surface area contributed by atoms with Crippen LogP contribution in [0.5, 0.6) is 0 Å². The van der Waals surface area contributed by atoms with E-state index in [1.54, 1.807) is 0 Å². The van der Waals surface area contributed by atoms with Crippen LogP contribution in [0.2, 0.25) is 0 Å². The van der Waals surface area contributed by atoms with Crippen molar-refractivity contribution in [2.45, 2.75) is 13.8 Å². The smallest absolute Gasteiger partial charge is 0.0651 e. The van der Waals surface area contributed by atoms with Gasteiger partial charge in [0.1, 0.15) is 0 Å². The summed E-state index contributed by atoms with van der Waals surface area (Å²) < 4.78 is 0. The molecule has 0 bridgehead atoms. The molecule has 0 saturated carbocycles. The fourth-order valence-electron chi connectivity index (χ4n) is 1.10. The third-order valence-electron chi connectivity index (χ3n) is 1.73. The van der Waals surface area contributed by atoms with Crippen LogP contribution in [0, 0.1) is 0 Å². The van der Waals surface area contributed by atoms with Crippen LogP contribution >= 0.6 is 0 Å². The van der Waals surface area contributed by atoms with Crippen LogP contribution < -0.4 is 5.32 Å². The normalized spacial score (nSPS) is 9.15. The first-order valence-corrected chi connectivity index (χ1v) is 4.51. The average molecular weight is 177 g/mol. The highest BCUT2D eigenvalue weighted by Gasteiger charge is 1.94. The number of H-pyrrole nitrogens is 1. The van der Waals surface area contributed by atoms with E-state index >= 15 is 0 Å². The first kappa shape index (κ1) is 9.58. The van der Waals surface area contributed by atoms with Gasteiger partial charge >= 0.3 is 0 Å². The molecule has 0 aliphatic rings. The first-order valence-electron chi connectivity index (χ1n) is 4.51. The molecule has 13 heavy (non-hydrogen) atoms. The molecule has 0 saturated heterocycles. The summed E-state index contributed by atoms with van der Waals surface area (Å²) in [7, 11) is 1.90. The van der Waals surface area contributed by atoms with Gasteiger partial charge in [0.2, 0.25) is 0 Å². The highest BCUT2D eigenvalue weighted by Crippen LogP contribution is 2.15. The fourth-order valence-corrected chi connectivity index (χ4v) is 1.10. The zero-order valence-electron chi connectivity index (χ0n) is 8.26. The Morgan fingerprint density at radius 1 is 1.31 bits per heavy atom. The van der Waals surface area contributed by atoms with E-state index in [4.69, 9.17) is 0 Å². The van der Waals surface area contributed by atoms with Crippen LogP contribution in [0.15, 0.2) is 24.4 Å². The molecule has 0 radical (unpaired) electrons. The van der Waals surface area contributed by atoms with Gasteiger partial charge < -0.3 is 5.32 Å². The van der Waals surface area contributed by atoms with Crippen LogP contribution in [-0.2, 0) is 0 Å². The minimum Gasteiger partial charge on any atom is -0.388 e. The number of nitrogens with zero attached hydrogens (tertiary/aromatic N) is 1. The maximum atomic E-state index is 3.92. The summed E-state index contributed by atoms with van der Waals surface area (Å²) >= 11 is 0.